The van der Waals surface area contributed by atoms with Crippen LogP contribution in [0.2, 0.25) is 0 Å². The van der Waals surface area contributed by atoms with Gasteiger partial charge in [-0.25, -0.2) is 4.79 Å². The lowest BCUT2D eigenvalue weighted by atomic mass is 10.1. The SMILES string of the molecule is Cn1c(OC(=O)O)cc2cccc(CO)c21. The van der Waals surface area contributed by atoms with Crippen LogP contribution in [0, 0.1) is 0 Å². The van der Waals surface area contributed by atoms with Gasteiger partial charge in [-0.15, -0.1) is 0 Å². The number of aromatic nitrogens is 1. The molecule has 1 aromatic carbocycles. The molecule has 0 saturated heterocycles. The van der Waals surface area contributed by atoms with Crippen molar-refractivity contribution in [1.29, 1.82) is 0 Å². The normalized spacial score (nSPS) is 10.6. The van der Waals surface area contributed by atoms with Crippen LogP contribution in [0.15, 0.2) is 24.3 Å². The van der Waals surface area contributed by atoms with Crippen molar-refractivity contribution in [3.05, 3.63) is 29.8 Å². The van der Waals surface area contributed by atoms with Crippen molar-refractivity contribution in [2.45, 2.75) is 6.61 Å². The molecule has 0 spiro atoms. The number of nitrogens with zero attached hydrogens (tertiary/aromatic N) is 1. The molecule has 2 rings (SSSR count). The molecule has 5 heteroatoms. The number of carbonyl (C=O) groups is 1. The number of hydrogen-bond acceptors (Lipinski definition) is 3. The fourth-order valence-corrected chi connectivity index (χ4v) is 1.79. The summed E-state index contributed by atoms with van der Waals surface area (Å²) in [6.07, 6.45) is -1.35. The van der Waals surface area contributed by atoms with Crippen molar-refractivity contribution in [2.24, 2.45) is 7.05 Å². The van der Waals surface area contributed by atoms with E-state index in [0.29, 0.717) is 0 Å². The van der Waals surface area contributed by atoms with E-state index in [4.69, 9.17) is 5.11 Å². The van der Waals surface area contributed by atoms with Gasteiger partial charge in [0.1, 0.15) is 0 Å². The zero-order chi connectivity index (χ0) is 11.7. The second kappa shape index (κ2) is 3.86. The highest BCUT2D eigenvalue weighted by atomic mass is 16.7. The molecule has 0 bridgehead atoms. The first-order valence-corrected chi connectivity index (χ1v) is 4.72. The summed E-state index contributed by atoms with van der Waals surface area (Å²) in [7, 11) is 1.69. The van der Waals surface area contributed by atoms with Crippen molar-refractivity contribution < 1.29 is 19.7 Å². The van der Waals surface area contributed by atoms with Crippen LogP contribution in [0.1, 0.15) is 5.56 Å². The van der Waals surface area contributed by atoms with Gasteiger partial charge in [0.2, 0.25) is 5.88 Å². The molecule has 0 aliphatic heterocycles. The van der Waals surface area contributed by atoms with E-state index in [1.165, 1.54) is 0 Å². The van der Waals surface area contributed by atoms with Crippen LogP contribution in [0.3, 0.4) is 0 Å². The number of fused-ring (bicyclic) bond motifs is 1. The van der Waals surface area contributed by atoms with Gasteiger partial charge in [-0.1, -0.05) is 18.2 Å². The topological polar surface area (TPSA) is 71.7 Å². The Labute approximate surface area is 91.5 Å². The van der Waals surface area contributed by atoms with Gasteiger partial charge in [-0.05, 0) is 0 Å². The van der Waals surface area contributed by atoms with Crippen LogP contribution in [-0.4, -0.2) is 20.9 Å². The minimum absolute atomic E-state index is 0.0955. The Morgan fingerprint density at radius 1 is 1.50 bits per heavy atom. The third-order valence-corrected chi connectivity index (χ3v) is 2.46. The molecule has 0 atom stereocenters. The number of aliphatic hydroxyl groups excluding tert-OH is 1. The number of aryl methyl sites for hydroxylation is 1. The first kappa shape index (κ1) is 10.5. The van der Waals surface area contributed by atoms with Crippen molar-refractivity contribution in [3.63, 3.8) is 0 Å². The molecule has 0 amide bonds. The highest BCUT2D eigenvalue weighted by Gasteiger charge is 2.12. The molecular formula is C11H11NO4. The van der Waals surface area contributed by atoms with Crippen LogP contribution < -0.4 is 4.74 Å². The second-order valence-electron chi connectivity index (χ2n) is 3.42. The average molecular weight is 221 g/mol. The summed E-state index contributed by atoms with van der Waals surface area (Å²) >= 11 is 0. The van der Waals surface area contributed by atoms with Gasteiger partial charge in [-0.2, -0.15) is 0 Å². The van der Waals surface area contributed by atoms with Crippen LogP contribution >= 0.6 is 0 Å². The summed E-state index contributed by atoms with van der Waals surface area (Å²) in [5, 5.41) is 18.6. The van der Waals surface area contributed by atoms with Gasteiger partial charge in [0.25, 0.3) is 0 Å². The number of ether oxygens (including phenoxy) is 1. The average Bonchev–Trinajstić information content (AvgIpc) is 2.55. The summed E-state index contributed by atoms with van der Waals surface area (Å²) in [6.45, 7) is -0.0955. The van der Waals surface area contributed by atoms with Gasteiger partial charge >= 0.3 is 6.16 Å². The zero-order valence-corrected chi connectivity index (χ0v) is 8.67. The maximum absolute atomic E-state index is 10.5. The lowest BCUT2D eigenvalue weighted by Gasteiger charge is -2.04. The summed E-state index contributed by atoms with van der Waals surface area (Å²) in [4.78, 5) is 10.5. The maximum Gasteiger partial charge on any atom is 0.512 e. The van der Waals surface area contributed by atoms with E-state index in [1.807, 2.05) is 6.07 Å². The lowest BCUT2D eigenvalue weighted by molar-refractivity contribution is 0.141. The molecule has 2 aromatic rings. The van der Waals surface area contributed by atoms with Crippen molar-refractivity contribution in [2.75, 3.05) is 0 Å². The minimum atomic E-state index is -1.35. The van der Waals surface area contributed by atoms with Crippen LogP contribution in [0.4, 0.5) is 4.79 Å². The Morgan fingerprint density at radius 3 is 2.88 bits per heavy atom. The van der Waals surface area contributed by atoms with Crippen molar-refractivity contribution in [3.8, 4) is 5.88 Å². The molecule has 16 heavy (non-hydrogen) atoms. The highest BCUT2D eigenvalue weighted by Crippen LogP contribution is 2.27. The number of carboxylic acid groups (broad SMARTS) is 1. The molecule has 0 radical (unpaired) electrons. The molecule has 5 nitrogen and oxygen atoms in total. The van der Waals surface area contributed by atoms with E-state index in [0.717, 1.165) is 16.5 Å². The molecule has 0 saturated carbocycles. The second-order valence-corrected chi connectivity index (χ2v) is 3.42. The fourth-order valence-electron chi connectivity index (χ4n) is 1.79. The van der Waals surface area contributed by atoms with E-state index in [9.17, 15) is 9.90 Å². The highest BCUT2D eigenvalue weighted by molar-refractivity contribution is 5.86. The van der Waals surface area contributed by atoms with Crippen LogP contribution in [-0.2, 0) is 13.7 Å². The predicted octanol–water partition coefficient (Wildman–Crippen LogP) is 1.73. The first-order chi connectivity index (χ1) is 7.63. The Morgan fingerprint density at radius 2 is 2.25 bits per heavy atom. The van der Waals surface area contributed by atoms with Crippen LogP contribution in [0.25, 0.3) is 10.9 Å². The molecule has 2 N–H and O–H groups in total. The number of aliphatic hydroxyl groups is 1. The Balaban J connectivity index is 2.63. The number of hydrogen-bond donors (Lipinski definition) is 2. The fraction of sp³-hybridized carbons (Fsp3) is 0.182. The largest absolute Gasteiger partial charge is 0.512 e. The summed E-state index contributed by atoms with van der Waals surface area (Å²) in [6, 6.07) is 7.05. The lowest BCUT2D eigenvalue weighted by Crippen LogP contribution is -2.06. The molecule has 1 heterocycles. The van der Waals surface area contributed by atoms with Gasteiger partial charge < -0.3 is 19.5 Å². The molecule has 1 aromatic heterocycles. The maximum atomic E-state index is 10.5. The smallest absolute Gasteiger partial charge is 0.449 e. The Bertz CT molecular complexity index is 544. The van der Waals surface area contributed by atoms with Crippen LogP contribution in [0.5, 0.6) is 5.88 Å². The Hall–Kier alpha value is -2.01. The molecular weight excluding hydrogens is 210 g/mol. The van der Waals surface area contributed by atoms with Gasteiger partial charge in [0, 0.05) is 24.1 Å². The first-order valence-electron chi connectivity index (χ1n) is 4.72. The van der Waals surface area contributed by atoms with E-state index < -0.39 is 6.16 Å². The Kier molecular flexibility index (Phi) is 2.54. The molecule has 0 aliphatic carbocycles. The van der Waals surface area contributed by atoms with Crippen molar-refractivity contribution >= 4 is 17.1 Å². The quantitative estimate of drug-likeness (QED) is 0.757. The van der Waals surface area contributed by atoms with E-state index in [2.05, 4.69) is 4.74 Å². The van der Waals surface area contributed by atoms with Gasteiger partial charge in [0.15, 0.2) is 0 Å². The summed E-state index contributed by atoms with van der Waals surface area (Å²) < 4.78 is 6.23. The number of rotatable bonds is 2. The molecule has 0 aliphatic rings. The zero-order valence-electron chi connectivity index (χ0n) is 8.67. The number of para-hydroxylation sites is 1. The third kappa shape index (κ3) is 1.61. The van der Waals surface area contributed by atoms with Gasteiger partial charge in [-0.3, -0.25) is 0 Å². The molecule has 0 unspecified atom stereocenters. The van der Waals surface area contributed by atoms with E-state index >= 15 is 0 Å². The van der Waals surface area contributed by atoms with Crippen molar-refractivity contribution in [1.82, 2.24) is 4.57 Å². The van der Waals surface area contributed by atoms with E-state index in [1.54, 1.807) is 29.8 Å². The predicted molar refractivity (Wildman–Crippen MR) is 57.5 cm³/mol. The third-order valence-electron chi connectivity index (χ3n) is 2.46. The molecule has 84 valence electrons. The minimum Gasteiger partial charge on any atom is -0.449 e. The van der Waals surface area contributed by atoms with Gasteiger partial charge in [0.05, 0.1) is 12.1 Å². The number of benzene rings is 1. The monoisotopic (exact) mass is 221 g/mol. The standard InChI is InChI=1S/C11H11NO4/c1-12-9(16-11(14)15)5-7-3-2-4-8(6-13)10(7)12/h2-5,13H,6H2,1H3,(H,14,15). The molecule has 0 fully saturated rings. The summed E-state index contributed by atoms with van der Waals surface area (Å²) in [5.74, 6) is 0.239. The summed E-state index contributed by atoms with van der Waals surface area (Å²) in [5.41, 5.74) is 1.52. The van der Waals surface area contributed by atoms with E-state index in [-0.39, 0.29) is 12.5 Å².